The van der Waals surface area contributed by atoms with Crippen molar-refractivity contribution in [3.05, 3.63) is 35.9 Å². The molecule has 114 valence electrons. The van der Waals surface area contributed by atoms with Gasteiger partial charge in [-0.25, -0.2) is 9.78 Å². The summed E-state index contributed by atoms with van der Waals surface area (Å²) in [5.41, 5.74) is 1.87. The lowest BCUT2D eigenvalue weighted by Gasteiger charge is -2.23. The summed E-state index contributed by atoms with van der Waals surface area (Å²) >= 11 is 0. The van der Waals surface area contributed by atoms with E-state index in [1.54, 1.807) is 11.9 Å². The zero-order chi connectivity index (χ0) is 15.3. The van der Waals surface area contributed by atoms with E-state index in [0.29, 0.717) is 13.1 Å². The molecule has 2 saturated heterocycles. The number of carbonyl (C=O) groups excluding carboxylic acids is 1. The molecule has 5 heteroatoms. The van der Waals surface area contributed by atoms with Gasteiger partial charge in [0.1, 0.15) is 5.82 Å². The predicted molar refractivity (Wildman–Crippen MR) is 85.2 cm³/mol. The van der Waals surface area contributed by atoms with E-state index in [-0.39, 0.29) is 11.7 Å². The van der Waals surface area contributed by atoms with Gasteiger partial charge >= 0.3 is 6.09 Å². The van der Waals surface area contributed by atoms with Gasteiger partial charge in [-0.1, -0.05) is 18.2 Å². The zero-order valence-electron chi connectivity index (χ0n) is 12.9. The number of aromatic nitrogens is 1. The molecular formula is C17H19N3O2. The fourth-order valence-electron chi connectivity index (χ4n) is 3.54. The Bertz CT molecular complexity index is 761. The van der Waals surface area contributed by atoms with Crippen LogP contribution in [0.4, 0.5) is 10.6 Å². The van der Waals surface area contributed by atoms with Crippen molar-refractivity contribution in [1.29, 1.82) is 0 Å². The van der Waals surface area contributed by atoms with Gasteiger partial charge in [-0.2, -0.15) is 0 Å². The maximum atomic E-state index is 11.7. The Morgan fingerprint density at radius 1 is 1.27 bits per heavy atom. The highest BCUT2D eigenvalue weighted by atomic mass is 16.6. The van der Waals surface area contributed by atoms with Crippen LogP contribution >= 0.6 is 0 Å². The first kappa shape index (κ1) is 13.4. The normalized spacial score (nSPS) is 24.5. The first-order valence-electron chi connectivity index (χ1n) is 7.62. The Hall–Kier alpha value is -2.30. The Morgan fingerprint density at radius 3 is 2.86 bits per heavy atom. The molecule has 0 radical (unpaired) electrons. The molecule has 22 heavy (non-hydrogen) atoms. The average Bonchev–Trinajstić information content (AvgIpc) is 3.03. The van der Waals surface area contributed by atoms with Crippen LogP contribution in [0.3, 0.4) is 0 Å². The minimum atomic E-state index is -0.368. The second kappa shape index (κ2) is 4.60. The second-order valence-electron chi connectivity index (χ2n) is 6.39. The van der Waals surface area contributed by atoms with Crippen LogP contribution in [0.2, 0.25) is 0 Å². The molecule has 2 fully saturated rings. The van der Waals surface area contributed by atoms with E-state index in [2.05, 4.69) is 24.0 Å². The highest BCUT2D eigenvalue weighted by molar-refractivity contribution is 5.84. The Balaban J connectivity index is 1.65. The number of carbonyl (C=O) groups is 1. The maximum Gasteiger partial charge on any atom is 0.410 e. The smallest absolute Gasteiger partial charge is 0.410 e. The molecule has 0 aliphatic carbocycles. The fraction of sp³-hybridized carbons (Fsp3) is 0.412. The van der Waals surface area contributed by atoms with Crippen molar-refractivity contribution in [1.82, 2.24) is 9.88 Å². The molecule has 1 aromatic heterocycles. The van der Waals surface area contributed by atoms with Crippen LogP contribution < -0.4 is 4.90 Å². The number of aryl methyl sites for hydroxylation is 1. The third-order valence-electron chi connectivity index (χ3n) is 4.69. The summed E-state index contributed by atoms with van der Waals surface area (Å²) < 4.78 is 5.61. The Morgan fingerprint density at radius 2 is 2.09 bits per heavy atom. The minimum Gasteiger partial charge on any atom is -0.439 e. The Labute approximate surface area is 129 Å². The lowest BCUT2D eigenvalue weighted by atomic mass is 10.0. The van der Waals surface area contributed by atoms with Crippen molar-refractivity contribution in [2.24, 2.45) is 0 Å². The number of benzene rings is 1. The van der Waals surface area contributed by atoms with E-state index >= 15 is 0 Å². The molecule has 1 spiro atoms. The number of rotatable bonds is 1. The third kappa shape index (κ3) is 2.00. The lowest BCUT2D eigenvalue weighted by molar-refractivity contribution is 0.0741. The largest absolute Gasteiger partial charge is 0.439 e. The molecule has 4 rings (SSSR count). The fourth-order valence-corrected chi connectivity index (χ4v) is 3.54. The molecular weight excluding hydrogens is 278 g/mol. The second-order valence-corrected chi connectivity index (χ2v) is 6.39. The van der Waals surface area contributed by atoms with E-state index in [4.69, 9.17) is 9.72 Å². The van der Waals surface area contributed by atoms with Gasteiger partial charge in [0, 0.05) is 25.4 Å². The van der Waals surface area contributed by atoms with Gasteiger partial charge in [0.15, 0.2) is 5.60 Å². The third-order valence-corrected chi connectivity index (χ3v) is 4.69. The molecule has 3 heterocycles. The van der Waals surface area contributed by atoms with Gasteiger partial charge in [-0.05, 0) is 24.6 Å². The quantitative estimate of drug-likeness (QED) is 0.811. The van der Waals surface area contributed by atoms with Crippen LogP contribution in [0, 0.1) is 6.92 Å². The van der Waals surface area contributed by atoms with Gasteiger partial charge in [-0.15, -0.1) is 0 Å². The van der Waals surface area contributed by atoms with E-state index in [0.717, 1.165) is 24.3 Å². The maximum absolute atomic E-state index is 11.7. The number of anilines is 1. The van der Waals surface area contributed by atoms with Crippen molar-refractivity contribution in [3.63, 3.8) is 0 Å². The number of hydrogen-bond acceptors (Lipinski definition) is 4. The van der Waals surface area contributed by atoms with Crippen molar-refractivity contribution < 1.29 is 9.53 Å². The van der Waals surface area contributed by atoms with Crippen LogP contribution in [0.5, 0.6) is 0 Å². The molecule has 1 atom stereocenters. The number of amides is 1. The van der Waals surface area contributed by atoms with Crippen LogP contribution in [0.15, 0.2) is 30.3 Å². The van der Waals surface area contributed by atoms with Gasteiger partial charge in [0.2, 0.25) is 0 Å². The highest BCUT2D eigenvalue weighted by Crippen LogP contribution is 2.34. The van der Waals surface area contributed by atoms with Gasteiger partial charge in [-0.3, -0.25) is 0 Å². The lowest BCUT2D eigenvalue weighted by Crippen LogP contribution is -2.37. The number of para-hydroxylation sites is 1. The summed E-state index contributed by atoms with van der Waals surface area (Å²) in [4.78, 5) is 20.3. The molecule has 0 bridgehead atoms. The van der Waals surface area contributed by atoms with E-state index in [1.165, 1.54) is 10.9 Å². The van der Waals surface area contributed by atoms with E-state index < -0.39 is 0 Å². The molecule has 1 amide bonds. The topological polar surface area (TPSA) is 45.7 Å². The summed E-state index contributed by atoms with van der Waals surface area (Å²) in [5, 5.41) is 1.19. The summed E-state index contributed by atoms with van der Waals surface area (Å²) in [6.45, 7) is 4.36. The number of hydrogen-bond donors (Lipinski definition) is 0. The molecule has 1 aromatic carbocycles. The van der Waals surface area contributed by atoms with Gasteiger partial charge in [0.05, 0.1) is 18.6 Å². The van der Waals surface area contributed by atoms with Gasteiger partial charge in [0.25, 0.3) is 0 Å². The first-order chi connectivity index (χ1) is 10.6. The van der Waals surface area contributed by atoms with E-state index in [1.807, 2.05) is 18.2 Å². The molecule has 0 N–H and O–H groups in total. The van der Waals surface area contributed by atoms with Crippen molar-refractivity contribution in [2.75, 3.05) is 31.6 Å². The summed E-state index contributed by atoms with van der Waals surface area (Å²) in [6.07, 6.45) is 0.640. The van der Waals surface area contributed by atoms with E-state index in [9.17, 15) is 4.79 Å². The molecule has 5 nitrogen and oxygen atoms in total. The SMILES string of the molecule is Cc1cc(N2CC[C@@]3(CN(C)C(=O)O3)C2)nc2ccccc12. The molecule has 2 aliphatic heterocycles. The number of fused-ring (bicyclic) bond motifs is 1. The molecule has 0 unspecified atom stereocenters. The first-order valence-corrected chi connectivity index (χ1v) is 7.62. The monoisotopic (exact) mass is 297 g/mol. The summed E-state index contributed by atoms with van der Waals surface area (Å²) in [7, 11) is 1.79. The van der Waals surface area contributed by atoms with Crippen LogP contribution in [0.25, 0.3) is 10.9 Å². The Kier molecular flexibility index (Phi) is 2.79. The summed E-state index contributed by atoms with van der Waals surface area (Å²) in [5.74, 6) is 0.971. The number of nitrogens with zero attached hydrogens (tertiary/aromatic N) is 3. The van der Waals surface area contributed by atoms with Crippen molar-refractivity contribution in [3.8, 4) is 0 Å². The minimum absolute atomic E-state index is 0.218. The molecule has 2 aliphatic rings. The predicted octanol–water partition coefficient (Wildman–Crippen LogP) is 2.57. The van der Waals surface area contributed by atoms with Crippen LogP contribution in [-0.4, -0.2) is 48.3 Å². The number of ether oxygens (including phenoxy) is 1. The average molecular weight is 297 g/mol. The van der Waals surface area contributed by atoms with Gasteiger partial charge < -0.3 is 14.5 Å². The number of likely N-dealkylation sites (N-methyl/N-ethyl adjacent to an activating group) is 1. The molecule has 2 aromatic rings. The van der Waals surface area contributed by atoms with Crippen LogP contribution in [0.1, 0.15) is 12.0 Å². The summed E-state index contributed by atoms with van der Waals surface area (Å²) in [6, 6.07) is 10.3. The highest BCUT2D eigenvalue weighted by Gasteiger charge is 2.48. The number of pyridine rings is 1. The van der Waals surface area contributed by atoms with Crippen molar-refractivity contribution in [2.45, 2.75) is 18.9 Å². The van der Waals surface area contributed by atoms with Crippen molar-refractivity contribution >= 4 is 22.8 Å². The zero-order valence-corrected chi connectivity index (χ0v) is 12.9. The van der Waals surface area contributed by atoms with Crippen LogP contribution in [-0.2, 0) is 4.74 Å². The molecule has 0 saturated carbocycles. The standard InChI is InChI=1S/C17H19N3O2/c1-12-9-15(18-14-6-4-3-5-13(12)14)20-8-7-17(11-20)10-19(2)16(21)22-17/h3-6,9H,7-8,10-11H2,1-2H3/t17-/m1/s1.